The second kappa shape index (κ2) is 17.0. The fourth-order valence-electron chi connectivity index (χ4n) is 3.81. The maximum absolute atomic E-state index is 12.9. The summed E-state index contributed by atoms with van der Waals surface area (Å²) in [5.41, 5.74) is 0. The highest BCUT2D eigenvalue weighted by Gasteiger charge is 2.43. The van der Waals surface area contributed by atoms with Crippen LogP contribution in [-0.2, 0) is 20.9 Å². The lowest BCUT2D eigenvalue weighted by Crippen LogP contribution is -2.58. The Morgan fingerprint density at radius 2 is 1.79 bits per heavy atom. The number of nitrogens with one attached hydrogen (secondary N) is 2. The first-order chi connectivity index (χ1) is 18.2. The third kappa shape index (κ3) is 10.7. The van der Waals surface area contributed by atoms with E-state index in [9.17, 15) is 35.1 Å². The lowest BCUT2D eigenvalue weighted by atomic mass is 9.99. The lowest BCUT2D eigenvalue weighted by Gasteiger charge is -2.38. The Balaban J connectivity index is 1.92. The van der Waals surface area contributed by atoms with Crippen molar-refractivity contribution < 1.29 is 45.0 Å². The zero-order valence-corrected chi connectivity index (χ0v) is 22.4. The third-order valence-corrected chi connectivity index (χ3v) is 7.25. The summed E-state index contributed by atoms with van der Waals surface area (Å²) in [6.07, 6.45) is -0.752. The van der Waals surface area contributed by atoms with Crippen molar-refractivity contribution in [2.75, 3.05) is 23.4 Å². The van der Waals surface area contributed by atoms with Gasteiger partial charge in [-0.15, -0.1) is 5.10 Å². The van der Waals surface area contributed by atoms with Crippen LogP contribution in [0, 0.1) is 0 Å². The third-order valence-electron chi connectivity index (χ3n) is 6.06. The Hall–Kier alpha value is -1.85. The van der Waals surface area contributed by atoms with Crippen molar-refractivity contribution in [2.24, 2.45) is 0 Å². The standard InChI is InChI=1S/C23H41N5O9S/c1-2-3-4-5-6-7-8-18(31)24-15(13-38-12-14(30)11-29)22(35)25-17-10-28(27-26-17)9-16-19(32)20(33)21(34)23(36)37-16/h10,14-16,19-21,23,29-30,32-34,36H,2-9,11-13H2,1H3,(H,24,31)(H,25,35)/t14-,15-,16?,19?,20?,21?,23?/m1/s1. The van der Waals surface area contributed by atoms with Crippen LogP contribution < -0.4 is 10.6 Å². The van der Waals surface area contributed by atoms with E-state index in [0.717, 1.165) is 32.1 Å². The first-order valence-corrected chi connectivity index (χ1v) is 14.1. The number of rotatable bonds is 17. The van der Waals surface area contributed by atoms with Crippen LogP contribution in [0.4, 0.5) is 5.82 Å². The van der Waals surface area contributed by atoms with E-state index in [1.165, 1.54) is 22.6 Å². The van der Waals surface area contributed by atoms with Gasteiger partial charge in [-0.2, -0.15) is 11.8 Å². The molecule has 1 saturated heterocycles. The molecular formula is C23H41N5O9S. The van der Waals surface area contributed by atoms with Gasteiger partial charge in [0.15, 0.2) is 12.1 Å². The first kappa shape index (κ1) is 32.4. The smallest absolute Gasteiger partial charge is 0.249 e. The number of thioether (sulfide) groups is 1. The number of hydrogen-bond donors (Lipinski definition) is 8. The SMILES string of the molecule is CCCCCCCCC(=O)N[C@H](CSC[C@H](O)CO)C(=O)Nc1cn(CC2OC(O)C(O)C(O)C2O)nn1. The van der Waals surface area contributed by atoms with Gasteiger partial charge in [-0.1, -0.05) is 44.2 Å². The largest absolute Gasteiger partial charge is 0.394 e. The number of aliphatic hydroxyl groups is 6. The highest BCUT2D eigenvalue weighted by molar-refractivity contribution is 7.99. The lowest BCUT2D eigenvalue weighted by molar-refractivity contribution is -0.284. The number of aliphatic hydroxyl groups excluding tert-OH is 6. The quantitative estimate of drug-likeness (QED) is 0.0998. The van der Waals surface area contributed by atoms with E-state index >= 15 is 0 Å². The normalized spacial score (nSPS) is 25.1. The molecule has 1 aromatic rings. The van der Waals surface area contributed by atoms with E-state index in [1.54, 1.807) is 0 Å². The molecule has 1 fully saturated rings. The minimum atomic E-state index is -1.69. The second-order valence-electron chi connectivity index (χ2n) is 9.36. The number of aromatic nitrogens is 3. The molecule has 0 bridgehead atoms. The molecular weight excluding hydrogens is 522 g/mol. The number of nitrogens with zero attached hydrogens (tertiary/aromatic N) is 3. The molecule has 1 aliphatic rings. The molecule has 0 spiro atoms. The zero-order chi connectivity index (χ0) is 28.1. The van der Waals surface area contributed by atoms with Gasteiger partial charge in [-0.05, 0) is 6.42 Å². The van der Waals surface area contributed by atoms with Crippen molar-refractivity contribution in [1.29, 1.82) is 0 Å². The molecule has 0 aromatic carbocycles. The summed E-state index contributed by atoms with van der Waals surface area (Å²) in [6, 6.07) is -0.932. The second-order valence-corrected chi connectivity index (χ2v) is 10.4. The van der Waals surface area contributed by atoms with E-state index < -0.39 is 55.4 Å². The summed E-state index contributed by atoms with van der Waals surface area (Å²) in [7, 11) is 0. The average Bonchev–Trinajstić information content (AvgIpc) is 3.33. The fraction of sp³-hybridized carbons (Fsp3) is 0.826. The Morgan fingerprint density at radius 3 is 2.50 bits per heavy atom. The van der Waals surface area contributed by atoms with Gasteiger partial charge in [0.1, 0.15) is 30.5 Å². The number of ether oxygens (including phenoxy) is 1. The average molecular weight is 564 g/mol. The van der Waals surface area contributed by atoms with Crippen LogP contribution in [0.15, 0.2) is 6.20 Å². The van der Waals surface area contributed by atoms with Gasteiger partial charge < -0.3 is 46.0 Å². The fourth-order valence-corrected chi connectivity index (χ4v) is 4.80. The molecule has 0 saturated carbocycles. The summed E-state index contributed by atoms with van der Waals surface area (Å²) in [5.74, 6) is -0.436. The number of anilines is 1. The minimum absolute atomic E-state index is 0.0528. The van der Waals surface area contributed by atoms with Crippen molar-refractivity contribution in [1.82, 2.24) is 20.3 Å². The molecule has 0 radical (unpaired) electrons. The van der Waals surface area contributed by atoms with Crippen LogP contribution >= 0.6 is 11.8 Å². The molecule has 2 rings (SSSR count). The molecule has 1 aliphatic heterocycles. The predicted octanol–water partition coefficient (Wildman–Crippen LogP) is -1.66. The molecule has 0 aliphatic carbocycles. The van der Waals surface area contributed by atoms with Gasteiger partial charge in [0.2, 0.25) is 11.8 Å². The maximum Gasteiger partial charge on any atom is 0.249 e. The molecule has 8 N–H and O–H groups in total. The van der Waals surface area contributed by atoms with E-state index in [4.69, 9.17) is 9.84 Å². The van der Waals surface area contributed by atoms with Crippen molar-refractivity contribution in [3.05, 3.63) is 6.20 Å². The van der Waals surface area contributed by atoms with Gasteiger partial charge in [0.05, 0.1) is 25.5 Å². The molecule has 14 nitrogen and oxygen atoms in total. The molecule has 1 aromatic heterocycles. The summed E-state index contributed by atoms with van der Waals surface area (Å²) < 4.78 is 6.34. The highest BCUT2D eigenvalue weighted by atomic mass is 32.2. The predicted molar refractivity (Wildman–Crippen MR) is 138 cm³/mol. The number of carbonyl (C=O) groups is 2. The molecule has 7 atom stereocenters. The number of unbranched alkanes of at least 4 members (excludes halogenated alkanes) is 5. The van der Waals surface area contributed by atoms with Gasteiger partial charge in [0.25, 0.3) is 0 Å². The van der Waals surface area contributed by atoms with Gasteiger partial charge >= 0.3 is 0 Å². The Labute approximate surface area is 225 Å². The van der Waals surface area contributed by atoms with E-state index in [1.807, 2.05) is 0 Å². The first-order valence-electron chi connectivity index (χ1n) is 12.9. The molecule has 38 heavy (non-hydrogen) atoms. The van der Waals surface area contributed by atoms with Crippen molar-refractivity contribution in [2.45, 2.75) is 101 Å². The van der Waals surface area contributed by atoms with E-state index in [2.05, 4.69) is 27.9 Å². The topological polar surface area (TPSA) is 220 Å². The van der Waals surface area contributed by atoms with Crippen LogP contribution in [0.1, 0.15) is 51.9 Å². The number of amides is 2. The van der Waals surface area contributed by atoms with Crippen LogP contribution in [-0.4, -0.2) is 118 Å². The van der Waals surface area contributed by atoms with Crippen LogP contribution in [0.25, 0.3) is 0 Å². The molecule has 5 unspecified atom stereocenters. The molecule has 15 heteroatoms. The monoisotopic (exact) mass is 563 g/mol. The summed E-state index contributed by atoms with van der Waals surface area (Å²) >= 11 is 1.20. The highest BCUT2D eigenvalue weighted by Crippen LogP contribution is 2.21. The minimum Gasteiger partial charge on any atom is -0.394 e. The van der Waals surface area contributed by atoms with Crippen molar-refractivity contribution >= 4 is 29.4 Å². The molecule has 2 amide bonds. The van der Waals surface area contributed by atoms with Crippen LogP contribution in [0.5, 0.6) is 0 Å². The van der Waals surface area contributed by atoms with Crippen molar-refractivity contribution in [3.63, 3.8) is 0 Å². The Kier molecular flexibility index (Phi) is 14.5. The van der Waals surface area contributed by atoms with Crippen LogP contribution in [0.3, 0.4) is 0 Å². The summed E-state index contributed by atoms with van der Waals surface area (Å²) in [4.78, 5) is 25.4. The van der Waals surface area contributed by atoms with Crippen molar-refractivity contribution in [3.8, 4) is 0 Å². The summed E-state index contributed by atoms with van der Waals surface area (Å²) in [5, 5.41) is 70.8. The number of carbonyl (C=O) groups excluding carboxylic acids is 2. The zero-order valence-electron chi connectivity index (χ0n) is 21.6. The van der Waals surface area contributed by atoms with E-state index in [-0.39, 0.29) is 36.2 Å². The number of hydrogen-bond acceptors (Lipinski definition) is 12. The van der Waals surface area contributed by atoms with E-state index in [0.29, 0.717) is 6.42 Å². The summed E-state index contributed by atoms with van der Waals surface area (Å²) in [6.45, 7) is 1.58. The van der Waals surface area contributed by atoms with Crippen LogP contribution in [0.2, 0.25) is 0 Å². The Morgan fingerprint density at radius 1 is 1.08 bits per heavy atom. The van der Waals surface area contributed by atoms with Gasteiger partial charge in [0, 0.05) is 17.9 Å². The van der Waals surface area contributed by atoms with Gasteiger partial charge in [-0.3, -0.25) is 9.59 Å². The molecule has 2 heterocycles. The Bertz CT molecular complexity index is 848. The molecule has 218 valence electrons. The van der Waals surface area contributed by atoms with Gasteiger partial charge in [-0.25, -0.2) is 4.68 Å². The maximum atomic E-state index is 12.9.